The summed E-state index contributed by atoms with van der Waals surface area (Å²) in [5.41, 5.74) is 12.3. The lowest BCUT2D eigenvalue weighted by atomic mass is 9.84. The second-order valence-electron chi connectivity index (χ2n) is 18.6. The third-order valence-electron chi connectivity index (χ3n) is 11.2. The van der Waals surface area contributed by atoms with Gasteiger partial charge in [0.2, 0.25) is 0 Å². The van der Waals surface area contributed by atoms with Crippen LogP contribution in [0, 0.1) is 0 Å². The normalized spacial score (nSPS) is 14.3. The summed E-state index contributed by atoms with van der Waals surface area (Å²) in [5, 5.41) is 2.37. The molecule has 280 valence electrons. The number of pyridine rings is 1. The van der Waals surface area contributed by atoms with Crippen LogP contribution in [0.5, 0.6) is 11.5 Å². The fourth-order valence-electron chi connectivity index (χ4n) is 7.49. The van der Waals surface area contributed by atoms with Gasteiger partial charge >= 0.3 is 0 Å². The average molecular weight is 719 g/mol. The molecule has 7 rings (SSSR count). The first-order chi connectivity index (χ1) is 25.3. The van der Waals surface area contributed by atoms with Crippen LogP contribution in [0.1, 0.15) is 118 Å². The molecule has 0 saturated carbocycles. The van der Waals surface area contributed by atoms with E-state index < -0.39 is 0 Å². The number of rotatable bonds is 6. The first-order valence-corrected chi connectivity index (χ1v) is 19.5. The topological polar surface area (TPSA) is 33.5 Å². The van der Waals surface area contributed by atoms with Crippen LogP contribution in [-0.4, -0.2) is 16.2 Å². The quantitative estimate of drug-likeness (QED) is 0.172. The molecule has 3 heterocycles. The summed E-state index contributed by atoms with van der Waals surface area (Å²) in [6, 6.07) is 33.3. The Morgan fingerprint density at radius 2 is 1.17 bits per heavy atom. The van der Waals surface area contributed by atoms with E-state index in [1.54, 1.807) is 0 Å². The van der Waals surface area contributed by atoms with Crippen molar-refractivity contribution in [3.63, 3.8) is 0 Å². The minimum absolute atomic E-state index is 0.00639. The molecule has 0 aliphatic carbocycles. The van der Waals surface area contributed by atoms with Crippen LogP contribution in [0.25, 0.3) is 27.6 Å². The Hall–Kier alpha value is -5.03. The van der Waals surface area contributed by atoms with Crippen molar-refractivity contribution in [2.45, 2.75) is 112 Å². The highest BCUT2D eigenvalue weighted by Crippen LogP contribution is 2.41. The van der Waals surface area contributed by atoms with Crippen LogP contribution in [0.4, 0.5) is 11.4 Å². The molecule has 4 aromatic carbocycles. The van der Waals surface area contributed by atoms with Crippen molar-refractivity contribution in [3.8, 4) is 17.3 Å². The van der Waals surface area contributed by atoms with Crippen molar-refractivity contribution in [2.75, 3.05) is 16.5 Å². The summed E-state index contributed by atoms with van der Waals surface area (Å²) in [7, 11) is 0. The van der Waals surface area contributed by atoms with Gasteiger partial charge < -0.3 is 14.5 Å². The Kier molecular flexibility index (Phi) is 9.23. The number of benzene rings is 4. The molecule has 6 aromatic rings. The number of fused-ring (bicyclic) bond motifs is 3. The zero-order chi connectivity index (χ0) is 38.9. The maximum absolute atomic E-state index is 6.87. The molecular formula is C49H58N4O. The monoisotopic (exact) mass is 718 g/mol. The van der Waals surface area contributed by atoms with Gasteiger partial charge in [-0.2, -0.15) is 0 Å². The molecule has 0 amide bonds. The Morgan fingerprint density at radius 1 is 0.574 bits per heavy atom. The van der Waals surface area contributed by atoms with Gasteiger partial charge in [0.25, 0.3) is 0 Å². The fraction of sp³-hybridized carbons (Fsp3) is 0.367. The number of nitrogens with zero attached hydrogens (tertiary/aromatic N) is 4. The summed E-state index contributed by atoms with van der Waals surface area (Å²) in [6.07, 6.45) is 1.93. The van der Waals surface area contributed by atoms with Gasteiger partial charge in [-0.25, -0.2) is 4.98 Å². The highest BCUT2D eigenvalue weighted by Gasteiger charge is 2.29. The Bertz CT molecular complexity index is 2410. The van der Waals surface area contributed by atoms with Gasteiger partial charge in [0.05, 0.1) is 17.7 Å². The van der Waals surface area contributed by atoms with Crippen LogP contribution >= 0.6 is 0 Å². The van der Waals surface area contributed by atoms with Gasteiger partial charge in [-0.1, -0.05) is 100 Å². The van der Waals surface area contributed by atoms with E-state index in [0.29, 0.717) is 5.92 Å². The number of hydrogen-bond acceptors (Lipinski definition) is 4. The SMILES string of the molecule is CC1=C(C)N(c2cc(C(C)C)cc(C(C)(C)C)c2)CN1c1cc(Oc2ccc3c4ccccc4n(-c4cc(C(C)(C)C)ccn4)c3c2)cc(C(C)(C)C)c1. The number of para-hydroxylation sites is 1. The van der Waals surface area contributed by atoms with Gasteiger partial charge in [-0.15, -0.1) is 0 Å². The van der Waals surface area contributed by atoms with Gasteiger partial charge in [0.15, 0.2) is 0 Å². The molecule has 54 heavy (non-hydrogen) atoms. The number of ether oxygens (including phenoxy) is 1. The molecule has 0 radical (unpaired) electrons. The first kappa shape index (κ1) is 37.3. The predicted octanol–water partition coefficient (Wildman–Crippen LogP) is 13.5. The van der Waals surface area contributed by atoms with E-state index in [2.05, 4.69) is 195 Å². The standard InChI is InChI=1S/C49H58N4O/c1-31(2)34-22-36(48(8,9)10)24-38(23-34)51-30-52(33(4)32(51)3)39-25-37(49(11,12)13)26-41(28-39)54-40-18-19-43-42-16-14-15-17-44(42)53(45(43)29-40)46-27-35(20-21-50-46)47(5,6)7/h14-29,31H,30H2,1-13H3. The van der Waals surface area contributed by atoms with E-state index >= 15 is 0 Å². The van der Waals surface area contributed by atoms with E-state index in [1.807, 2.05) is 6.20 Å². The molecular weight excluding hydrogens is 661 g/mol. The Labute approximate surface area is 323 Å². The van der Waals surface area contributed by atoms with E-state index in [1.165, 1.54) is 50.1 Å². The maximum Gasteiger partial charge on any atom is 0.137 e. The second-order valence-corrected chi connectivity index (χ2v) is 18.6. The molecule has 0 fully saturated rings. The summed E-state index contributed by atoms with van der Waals surface area (Å²) in [6.45, 7) is 30.3. The van der Waals surface area contributed by atoms with Gasteiger partial charge in [-0.3, -0.25) is 4.57 Å². The maximum atomic E-state index is 6.87. The zero-order valence-corrected chi connectivity index (χ0v) is 34.7. The van der Waals surface area contributed by atoms with Crippen molar-refractivity contribution >= 4 is 33.2 Å². The number of aromatic nitrogens is 2. The largest absolute Gasteiger partial charge is 0.457 e. The van der Waals surface area contributed by atoms with Crippen LogP contribution in [0.15, 0.2) is 109 Å². The number of allylic oxidation sites excluding steroid dienone is 2. The molecule has 1 aliphatic rings. The zero-order valence-electron chi connectivity index (χ0n) is 34.7. The van der Waals surface area contributed by atoms with E-state index in [9.17, 15) is 0 Å². The Morgan fingerprint density at radius 3 is 1.80 bits per heavy atom. The summed E-state index contributed by atoms with van der Waals surface area (Å²) < 4.78 is 9.14. The molecule has 0 spiro atoms. The molecule has 5 nitrogen and oxygen atoms in total. The lowest BCUT2D eigenvalue weighted by Gasteiger charge is -2.29. The first-order valence-electron chi connectivity index (χ1n) is 19.5. The number of hydrogen-bond donors (Lipinski definition) is 0. The lowest BCUT2D eigenvalue weighted by molar-refractivity contribution is 0.479. The minimum Gasteiger partial charge on any atom is -0.457 e. The smallest absolute Gasteiger partial charge is 0.137 e. The fourth-order valence-corrected chi connectivity index (χ4v) is 7.49. The minimum atomic E-state index is -0.0759. The van der Waals surface area contributed by atoms with E-state index in [0.717, 1.165) is 40.7 Å². The number of anilines is 2. The molecule has 0 bridgehead atoms. The molecule has 1 aliphatic heterocycles. The Balaban J connectivity index is 1.29. The molecule has 2 aromatic heterocycles. The highest BCUT2D eigenvalue weighted by molar-refractivity contribution is 6.09. The predicted molar refractivity (Wildman–Crippen MR) is 230 cm³/mol. The highest BCUT2D eigenvalue weighted by atomic mass is 16.5. The van der Waals surface area contributed by atoms with Gasteiger partial charge in [0, 0.05) is 51.9 Å². The van der Waals surface area contributed by atoms with Gasteiger partial charge in [0.1, 0.15) is 17.3 Å². The summed E-state index contributed by atoms with van der Waals surface area (Å²) in [5.74, 6) is 2.98. The molecule has 0 unspecified atom stereocenters. The van der Waals surface area contributed by atoms with Crippen molar-refractivity contribution in [1.29, 1.82) is 0 Å². The van der Waals surface area contributed by atoms with Crippen LogP contribution in [-0.2, 0) is 16.2 Å². The van der Waals surface area contributed by atoms with E-state index in [4.69, 9.17) is 9.72 Å². The average Bonchev–Trinajstić information content (AvgIpc) is 3.59. The van der Waals surface area contributed by atoms with Crippen LogP contribution < -0.4 is 14.5 Å². The van der Waals surface area contributed by atoms with Crippen LogP contribution in [0.3, 0.4) is 0 Å². The van der Waals surface area contributed by atoms with Gasteiger partial charge in [-0.05, 0) is 113 Å². The van der Waals surface area contributed by atoms with E-state index in [-0.39, 0.29) is 16.2 Å². The third-order valence-corrected chi connectivity index (χ3v) is 11.2. The van der Waals surface area contributed by atoms with Crippen molar-refractivity contribution in [3.05, 3.63) is 131 Å². The third kappa shape index (κ3) is 7.01. The molecule has 5 heteroatoms. The molecule has 0 atom stereocenters. The van der Waals surface area contributed by atoms with Crippen LogP contribution in [0.2, 0.25) is 0 Å². The molecule has 0 N–H and O–H groups in total. The summed E-state index contributed by atoms with van der Waals surface area (Å²) >= 11 is 0. The molecule has 0 saturated heterocycles. The summed E-state index contributed by atoms with van der Waals surface area (Å²) in [4.78, 5) is 9.79. The van der Waals surface area contributed by atoms with Crippen molar-refractivity contribution < 1.29 is 4.74 Å². The second kappa shape index (κ2) is 13.4. The lowest BCUT2D eigenvalue weighted by Crippen LogP contribution is -2.28. The van der Waals surface area contributed by atoms with Crippen molar-refractivity contribution in [1.82, 2.24) is 9.55 Å². The van der Waals surface area contributed by atoms with Crippen molar-refractivity contribution in [2.24, 2.45) is 0 Å².